The van der Waals surface area contributed by atoms with E-state index >= 15 is 0 Å². The van der Waals surface area contributed by atoms with Crippen molar-refractivity contribution in [3.05, 3.63) is 0 Å². The topological polar surface area (TPSA) is 21.3 Å². The fourth-order valence-electron chi connectivity index (χ4n) is 3.51. The second-order valence-corrected chi connectivity index (χ2v) is 6.99. The Hall–Kier alpha value is -0.0800. The molecule has 0 heterocycles. The molecule has 3 unspecified atom stereocenters. The lowest BCUT2D eigenvalue weighted by molar-refractivity contribution is -0.126. The molecule has 2 aliphatic rings. The zero-order valence-electron chi connectivity index (χ0n) is 12.9. The Bertz CT molecular complexity index is 285. The van der Waals surface area contributed by atoms with Gasteiger partial charge in [0.25, 0.3) is 0 Å². The van der Waals surface area contributed by atoms with Crippen molar-refractivity contribution >= 4 is 0 Å². The Morgan fingerprint density at radius 1 is 1.28 bits per heavy atom. The van der Waals surface area contributed by atoms with Crippen LogP contribution < -0.4 is 5.32 Å². The van der Waals surface area contributed by atoms with E-state index in [1.165, 1.54) is 32.2 Å². The molecule has 1 N–H and O–H groups in total. The Morgan fingerprint density at radius 3 is 2.39 bits per heavy atom. The molecule has 0 bridgehead atoms. The van der Waals surface area contributed by atoms with E-state index in [0.717, 1.165) is 12.5 Å². The second kappa shape index (κ2) is 5.13. The standard InChI is InChI=1S/C16H31NO/c1-6-15(5)13(10-14(15)18-7-2)17-11-16(8-9-16)12(3)4/h12-14,17H,6-11H2,1-5H3. The maximum atomic E-state index is 5.87. The van der Waals surface area contributed by atoms with Gasteiger partial charge >= 0.3 is 0 Å². The van der Waals surface area contributed by atoms with Crippen molar-refractivity contribution in [2.75, 3.05) is 13.2 Å². The van der Waals surface area contributed by atoms with Crippen LogP contribution in [0.4, 0.5) is 0 Å². The van der Waals surface area contributed by atoms with Crippen molar-refractivity contribution in [2.45, 2.75) is 72.4 Å². The largest absolute Gasteiger partial charge is 0.378 e. The summed E-state index contributed by atoms with van der Waals surface area (Å²) in [6.45, 7) is 13.6. The minimum absolute atomic E-state index is 0.350. The fraction of sp³-hybridized carbons (Fsp3) is 1.00. The Balaban J connectivity index is 1.84. The van der Waals surface area contributed by atoms with Crippen molar-refractivity contribution in [2.24, 2.45) is 16.7 Å². The van der Waals surface area contributed by atoms with Gasteiger partial charge in [-0.1, -0.05) is 27.7 Å². The first-order valence-corrected chi connectivity index (χ1v) is 7.83. The van der Waals surface area contributed by atoms with Crippen LogP contribution in [0.2, 0.25) is 0 Å². The van der Waals surface area contributed by atoms with Gasteiger partial charge < -0.3 is 10.1 Å². The fourth-order valence-corrected chi connectivity index (χ4v) is 3.51. The molecule has 0 aromatic heterocycles. The summed E-state index contributed by atoms with van der Waals surface area (Å²) < 4.78 is 5.87. The first-order valence-electron chi connectivity index (χ1n) is 7.83. The predicted octanol–water partition coefficient (Wildman–Crippen LogP) is 3.61. The van der Waals surface area contributed by atoms with Crippen molar-refractivity contribution < 1.29 is 4.74 Å². The van der Waals surface area contributed by atoms with Gasteiger partial charge in [0.05, 0.1) is 6.10 Å². The lowest BCUT2D eigenvalue weighted by Gasteiger charge is -2.54. The molecule has 2 aliphatic carbocycles. The Morgan fingerprint density at radius 2 is 1.94 bits per heavy atom. The van der Waals surface area contributed by atoms with E-state index in [2.05, 4.69) is 39.9 Å². The van der Waals surface area contributed by atoms with Crippen LogP contribution in [0.3, 0.4) is 0 Å². The molecule has 0 amide bonds. The SMILES string of the molecule is CCOC1CC(NCC2(C(C)C)CC2)C1(C)CC. The lowest BCUT2D eigenvalue weighted by atomic mass is 9.61. The van der Waals surface area contributed by atoms with Crippen molar-refractivity contribution in [3.63, 3.8) is 0 Å². The number of rotatable bonds is 7. The molecule has 0 spiro atoms. The van der Waals surface area contributed by atoms with Gasteiger partial charge in [0.15, 0.2) is 0 Å². The zero-order valence-corrected chi connectivity index (χ0v) is 12.9. The normalized spacial score (nSPS) is 37.7. The van der Waals surface area contributed by atoms with E-state index in [1.54, 1.807) is 0 Å². The summed E-state index contributed by atoms with van der Waals surface area (Å²) in [7, 11) is 0. The van der Waals surface area contributed by atoms with Crippen LogP contribution in [0.5, 0.6) is 0 Å². The maximum Gasteiger partial charge on any atom is 0.0658 e. The molecular weight excluding hydrogens is 222 g/mol. The highest BCUT2D eigenvalue weighted by Crippen LogP contribution is 2.52. The summed E-state index contributed by atoms with van der Waals surface area (Å²) in [5, 5.41) is 3.85. The van der Waals surface area contributed by atoms with E-state index < -0.39 is 0 Å². The molecule has 0 aromatic rings. The number of hydrogen-bond acceptors (Lipinski definition) is 2. The van der Waals surface area contributed by atoms with Crippen LogP contribution in [0.15, 0.2) is 0 Å². The molecule has 18 heavy (non-hydrogen) atoms. The van der Waals surface area contributed by atoms with Crippen LogP contribution in [0.25, 0.3) is 0 Å². The molecule has 2 heteroatoms. The minimum Gasteiger partial charge on any atom is -0.378 e. The number of ether oxygens (including phenoxy) is 1. The summed E-state index contributed by atoms with van der Waals surface area (Å²) in [5.41, 5.74) is 0.967. The summed E-state index contributed by atoms with van der Waals surface area (Å²) in [4.78, 5) is 0. The molecule has 2 saturated carbocycles. The molecule has 2 nitrogen and oxygen atoms in total. The molecule has 0 radical (unpaired) electrons. The summed E-state index contributed by atoms with van der Waals surface area (Å²) >= 11 is 0. The van der Waals surface area contributed by atoms with E-state index in [4.69, 9.17) is 4.74 Å². The number of hydrogen-bond donors (Lipinski definition) is 1. The molecule has 0 aliphatic heterocycles. The van der Waals surface area contributed by atoms with Gasteiger partial charge in [-0.3, -0.25) is 0 Å². The molecule has 3 atom stereocenters. The summed E-state index contributed by atoms with van der Waals surface area (Å²) in [6.07, 6.45) is 5.72. The van der Waals surface area contributed by atoms with E-state index in [1.807, 2.05) is 0 Å². The molecular formula is C16H31NO. The van der Waals surface area contributed by atoms with E-state index in [9.17, 15) is 0 Å². The van der Waals surface area contributed by atoms with Gasteiger partial charge in [0.1, 0.15) is 0 Å². The third-order valence-corrected chi connectivity index (χ3v) is 5.93. The zero-order chi connectivity index (χ0) is 13.4. The maximum absolute atomic E-state index is 5.87. The second-order valence-electron chi connectivity index (χ2n) is 6.99. The third-order valence-electron chi connectivity index (χ3n) is 5.93. The van der Waals surface area contributed by atoms with Crippen molar-refractivity contribution in [3.8, 4) is 0 Å². The van der Waals surface area contributed by atoms with E-state index in [0.29, 0.717) is 23.0 Å². The highest BCUT2D eigenvalue weighted by molar-refractivity contribution is 5.07. The Labute approximate surface area is 113 Å². The van der Waals surface area contributed by atoms with Crippen molar-refractivity contribution in [1.29, 1.82) is 0 Å². The average Bonchev–Trinajstić information content (AvgIpc) is 3.12. The summed E-state index contributed by atoms with van der Waals surface area (Å²) in [5.74, 6) is 0.820. The van der Waals surface area contributed by atoms with Gasteiger partial charge in [-0.2, -0.15) is 0 Å². The average molecular weight is 253 g/mol. The molecule has 2 fully saturated rings. The molecule has 2 rings (SSSR count). The van der Waals surface area contributed by atoms with Gasteiger partial charge in [-0.15, -0.1) is 0 Å². The van der Waals surface area contributed by atoms with Gasteiger partial charge in [0, 0.05) is 24.6 Å². The monoisotopic (exact) mass is 253 g/mol. The molecule has 0 saturated heterocycles. The number of nitrogens with one attached hydrogen (secondary N) is 1. The third kappa shape index (κ3) is 2.34. The first-order chi connectivity index (χ1) is 8.48. The lowest BCUT2D eigenvalue weighted by Crippen LogP contribution is -2.62. The van der Waals surface area contributed by atoms with Crippen LogP contribution >= 0.6 is 0 Å². The predicted molar refractivity (Wildman–Crippen MR) is 76.7 cm³/mol. The molecule has 0 aromatic carbocycles. The summed E-state index contributed by atoms with van der Waals surface area (Å²) in [6, 6.07) is 0.662. The van der Waals surface area contributed by atoms with E-state index in [-0.39, 0.29) is 0 Å². The van der Waals surface area contributed by atoms with Gasteiger partial charge in [-0.25, -0.2) is 0 Å². The Kier molecular flexibility index (Phi) is 4.08. The quantitative estimate of drug-likeness (QED) is 0.748. The van der Waals surface area contributed by atoms with Crippen LogP contribution in [0.1, 0.15) is 60.3 Å². The van der Waals surface area contributed by atoms with Crippen LogP contribution in [-0.4, -0.2) is 25.3 Å². The van der Waals surface area contributed by atoms with Crippen LogP contribution in [0, 0.1) is 16.7 Å². The van der Waals surface area contributed by atoms with Crippen LogP contribution in [-0.2, 0) is 4.74 Å². The highest BCUT2D eigenvalue weighted by Gasteiger charge is 2.52. The highest BCUT2D eigenvalue weighted by atomic mass is 16.5. The molecule has 106 valence electrons. The first kappa shape index (κ1) is 14.3. The van der Waals surface area contributed by atoms with Gasteiger partial charge in [0.2, 0.25) is 0 Å². The van der Waals surface area contributed by atoms with Gasteiger partial charge in [-0.05, 0) is 43.9 Å². The van der Waals surface area contributed by atoms with Crippen molar-refractivity contribution in [1.82, 2.24) is 5.32 Å². The minimum atomic E-state index is 0.350. The smallest absolute Gasteiger partial charge is 0.0658 e.